The van der Waals surface area contributed by atoms with Crippen molar-refractivity contribution >= 4 is 17.7 Å². The second kappa shape index (κ2) is 7.08. The highest BCUT2D eigenvalue weighted by Crippen LogP contribution is 2.27. The summed E-state index contributed by atoms with van der Waals surface area (Å²) in [5, 5.41) is 5.58. The molecule has 0 unspecified atom stereocenters. The van der Waals surface area contributed by atoms with Crippen molar-refractivity contribution in [2.45, 2.75) is 45.3 Å². The number of hydrogen-bond donors (Lipinski definition) is 2. The largest absolute Gasteiger partial charge is 0.481 e. The van der Waals surface area contributed by atoms with Crippen LogP contribution in [-0.4, -0.2) is 47.3 Å². The molecule has 25 heavy (non-hydrogen) atoms. The van der Waals surface area contributed by atoms with Crippen molar-refractivity contribution in [2.24, 2.45) is 0 Å². The van der Waals surface area contributed by atoms with Crippen molar-refractivity contribution in [3.63, 3.8) is 0 Å². The van der Waals surface area contributed by atoms with Crippen LogP contribution in [-0.2, 0) is 22.7 Å². The van der Waals surface area contributed by atoms with Crippen molar-refractivity contribution in [1.82, 2.24) is 20.5 Å². The number of hydrogen-bond acceptors (Lipinski definition) is 5. The molecule has 0 spiro atoms. The third-order valence-corrected chi connectivity index (χ3v) is 4.57. The lowest BCUT2D eigenvalue weighted by atomic mass is 10.1. The quantitative estimate of drug-likeness (QED) is 0.774. The average Bonchev–Trinajstić information content (AvgIpc) is 3.15. The molecule has 1 atom stereocenters. The molecule has 0 bridgehead atoms. The maximum Gasteiger partial charge on any atom is 0.256 e. The summed E-state index contributed by atoms with van der Waals surface area (Å²) < 4.78 is 5.31. The number of aromatic nitrogens is 1. The lowest BCUT2D eigenvalue weighted by Crippen LogP contribution is -2.33. The number of carbonyl (C=O) groups is 3. The highest BCUT2D eigenvalue weighted by atomic mass is 16.5. The molecule has 1 fully saturated rings. The Bertz CT molecular complexity index is 719. The lowest BCUT2D eigenvalue weighted by Gasteiger charge is -2.12. The van der Waals surface area contributed by atoms with Gasteiger partial charge in [-0.1, -0.05) is 0 Å². The van der Waals surface area contributed by atoms with Gasteiger partial charge in [-0.25, -0.2) is 4.98 Å². The van der Waals surface area contributed by atoms with Crippen LogP contribution in [0.25, 0.3) is 0 Å². The third kappa shape index (κ3) is 3.57. The Morgan fingerprint density at radius 3 is 2.92 bits per heavy atom. The molecule has 0 aliphatic carbocycles. The zero-order valence-electron chi connectivity index (χ0n) is 14.4. The number of methoxy groups -OCH3 is 1. The van der Waals surface area contributed by atoms with E-state index in [2.05, 4.69) is 15.6 Å². The summed E-state index contributed by atoms with van der Waals surface area (Å²) in [6, 6.07) is 1.64. The van der Waals surface area contributed by atoms with Crippen molar-refractivity contribution in [1.29, 1.82) is 0 Å². The summed E-state index contributed by atoms with van der Waals surface area (Å²) in [5.74, 6) is 0.199. The summed E-state index contributed by atoms with van der Waals surface area (Å²) in [4.78, 5) is 41.7. The normalized spacial score (nSPS) is 19.0. The van der Waals surface area contributed by atoms with Crippen LogP contribution in [0.15, 0.2) is 6.07 Å². The highest BCUT2D eigenvalue weighted by molar-refractivity contribution is 5.98. The van der Waals surface area contributed by atoms with Crippen molar-refractivity contribution in [3.8, 4) is 5.88 Å². The van der Waals surface area contributed by atoms with Crippen LogP contribution in [0.4, 0.5) is 0 Å². The van der Waals surface area contributed by atoms with Gasteiger partial charge in [0.2, 0.25) is 17.7 Å². The molecule has 1 aromatic rings. The molecule has 134 valence electrons. The van der Waals surface area contributed by atoms with Crippen LogP contribution >= 0.6 is 0 Å². The Morgan fingerprint density at radius 1 is 1.48 bits per heavy atom. The van der Waals surface area contributed by atoms with Gasteiger partial charge in [0, 0.05) is 37.5 Å². The summed E-state index contributed by atoms with van der Waals surface area (Å²) >= 11 is 0. The number of nitrogens with one attached hydrogen (secondary N) is 2. The summed E-state index contributed by atoms with van der Waals surface area (Å²) in [6.45, 7) is 3.25. The zero-order chi connectivity index (χ0) is 18.0. The lowest BCUT2D eigenvalue weighted by molar-refractivity contribution is -0.121. The second-order valence-corrected chi connectivity index (χ2v) is 6.25. The van der Waals surface area contributed by atoms with E-state index in [0.717, 1.165) is 0 Å². The van der Waals surface area contributed by atoms with Gasteiger partial charge >= 0.3 is 0 Å². The topological polar surface area (TPSA) is 101 Å². The van der Waals surface area contributed by atoms with Crippen molar-refractivity contribution < 1.29 is 19.1 Å². The Hall–Kier alpha value is -2.64. The Kier molecular flexibility index (Phi) is 4.87. The standard InChI is InChI=1S/C17H22N4O4/c1-3-21-9-13-12(17(21)24)6-10(16(20-13)25-2)8-18-15(23)7-11-4-5-14(22)19-11/h6,11H,3-5,7-9H2,1-2H3,(H,18,23)(H,19,22)/t11-/m1/s1. The van der Waals surface area contributed by atoms with Gasteiger partial charge in [-0.05, 0) is 19.4 Å². The van der Waals surface area contributed by atoms with Gasteiger partial charge in [0.05, 0.1) is 24.9 Å². The fourth-order valence-electron chi connectivity index (χ4n) is 3.18. The van der Waals surface area contributed by atoms with Gasteiger partial charge in [-0.3, -0.25) is 14.4 Å². The zero-order valence-corrected chi connectivity index (χ0v) is 14.4. The van der Waals surface area contributed by atoms with Gasteiger partial charge in [-0.2, -0.15) is 0 Å². The smallest absolute Gasteiger partial charge is 0.256 e. The van der Waals surface area contributed by atoms with E-state index in [0.29, 0.717) is 48.6 Å². The molecule has 3 amide bonds. The first-order valence-electron chi connectivity index (χ1n) is 8.44. The van der Waals surface area contributed by atoms with E-state index in [1.54, 1.807) is 11.0 Å². The van der Waals surface area contributed by atoms with E-state index in [9.17, 15) is 14.4 Å². The summed E-state index contributed by atoms with van der Waals surface area (Å²) in [5.41, 5.74) is 1.93. The number of carbonyl (C=O) groups excluding carboxylic acids is 3. The van der Waals surface area contributed by atoms with Gasteiger partial charge in [0.1, 0.15) is 0 Å². The van der Waals surface area contributed by atoms with Crippen LogP contribution in [0.1, 0.15) is 47.8 Å². The van der Waals surface area contributed by atoms with Gasteiger partial charge in [-0.15, -0.1) is 0 Å². The predicted octanol–water partition coefficient (Wildman–Crippen LogP) is 0.351. The molecule has 8 heteroatoms. The highest BCUT2D eigenvalue weighted by Gasteiger charge is 2.29. The minimum Gasteiger partial charge on any atom is -0.481 e. The molecule has 2 N–H and O–H groups in total. The van der Waals surface area contributed by atoms with E-state index >= 15 is 0 Å². The third-order valence-electron chi connectivity index (χ3n) is 4.57. The number of nitrogens with zero attached hydrogens (tertiary/aromatic N) is 2. The summed E-state index contributed by atoms with van der Waals surface area (Å²) in [7, 11) is 1.52. The van der Waals surface area contributed by atoms with Crippen LogP contribution in [0, 0.1) is 0 Å². The number of ether oxygens (including phenoxy) is 1. The SMILES string of the molecule is CCN1Cc2nc(OC)c(CNC(=O)C[C@H]3CCC(=O)N3)cc2C1=O. The molecule has 8 nitrogen and oxygen atoms in total. The Morgan fingerprint density at radius 2 is 2.28 bits per heavy atom. The Balaban J connectivity index is 1.66. The molecule has 1 saturated heterocycles. The second-order valence-electron chi connectivity index (χ2n) is 6.25. The van der Waals surface area contributed by atoms with Crippen LogP contribution in [0.2, 0.25) is 0 Å². The first-order chi connectivity index (χ1) is 12.0. The molecular weight excluding hydrogens is 324 g/mol. The van der Waals surface area contributed by atoms with Crippen LogP contribution in [0.3, 0.4) is 0 Å². The fraction of sp³-hybridized carbons (Fsp3) is 0.529. The maximum absolute atomic E-state index is 12.3. The number of fused-ring (bicyclic) bond motifs is 1. The van der Waals surface area contributed by atoms with Gasteiger partial charge in [0.25, 0.3) is 5.91 Å². The maximum atomic E-state index is 12.3. The average molecular weight is 346 g/mol. The minimum absolute atomic E-state index is 0.0127. The van der Waals surface area contributed by atoms with Crippen LogP contribution < -0.4 is 15.4 Å². The Labute approximate surface area is 145 Å². The monoisotopic (exact) mass is 346 g/mol. The first kappa shape index (κ1) is 17.2. The number of rotatable bonds is 6. The fourth-order valence-corrected chi connectivity index (χ4v) is 3.18. The molecular formula is C17H22N4O4. The molecule has 3 rings (SSSR count). The number of pyridine rings is 1. The molecule has 0 saturated carbocycles. The molecule has 2 aliphatic heterocycles. The van der Waals surface area contributed by atoms with E-state index in [1.807, 2.05) is 6.92 Å². The number of amides is 3. The van der Waals surface area contributed by atoms with E-state index < -0.39 is 0 Å². The predicted molar refractivity (Wildman–Crippen MR) is 88.8 cm³/mol. The van der Waals surface area contributed by atoms with Crippen molar-refractivity contribution in [3.05, 3.63) is 22.9 Å². The molecule has 0 radical (unpaired) electrons. The molecule has 0 aromatic carbocycles. The van der Waals surface area contributed by atoms with Gasteiger partial charge in [0.15, 0.2) is 0 Å². The molecule has 1 aromatic heterocycles. The van der Waals surface area contributed by atoms with E-state index in [4.69, 9.17) is 4.74 Å². The molecule has 2 aliphatic rings. The minimum atomic E-state index is -0.156. The molecule has 3 heterocycles. The van der Waals surface area contributed by atoms with Gasteiger partial charge < -0.3 is 20.3 Å². The first-order valence-corrected chi connectivity index (χ1v) is 8.44. The summed E-state index contributed by atoms with van der Waals surface area (Å²) in [6.07, 6.45) is 1.39. The van der Waals surface area contributed by atoms with E-state index in [1.165, 1.54) is 7.11 Å². The van der Waals surface area contributed by atoms with Crippen LogP contribution in [0.5, 0.6) is 5.88 Å². The van der Waals surface area contributed by atoms with Crippen molar-refractivity contribution in [2.75, 3.05) is 13.7 Å². The van der Waals surface area contributed by atoms with E-state index in [-0.39, 0.29) is 36.7 Å².